The van der Waals surface area contributed by atoms with Crippen molar-refractivity contribution in [3.05, 3.63) is 0 Å². The molecule has 3 unspecified atom stereocenters. The molecule has 2 aliphatic rings. The first-order valence-electron chi connectivity index (χ1n) is 7.53. The molecule has 0 aromatic heterocycles. The van der Waals surface area contributed by atoms with E-state index in [2.05, 4.69) is 20.8 Å². The van der Waals surface area contributed by atoms with Crippen molar-refractivity contribution in [1.82, 2.24) is 4.90 Å². The molecule has 2 saturated carbocycles. The van der Waals surface area contributed by atoms with Crippen LogP contribution in [-0.2, 0) is 9.59 Å². The normalized spacial score (nSPS) is 32.7. The summed E-state index contributed by atoms with van der Waals surface area (Å²) in [5, 5.41) is 9.02. The van der Waals surface area contributed by atoms with Crippen molar-refractivity contribution >= 4 is 11.9 Å². The largest absolute Gasteiger partial charge is 0.480 e. The van der Waals surface area contributed by atoms with E-state index in [1.165, 1.54) is 0 Å². The summed E-state index contributed by atoms with van der Waals surface area (Å²) in [5.41, 5.74) is 5.95. The fraction of sp³-hybridized carbons (Fsp3) is 0.867. The second-order valence-electron chi connectivity index (χ2n) is 6.99. The van der Waals surface area contributed by atoms with E-state index in [1.807, 2.05) is 0 Å². The zero-order chi connectivity index (χ0) is 15.1. The minimum Gasteiger partial charge on any atom is -0.480 e. The Hall–Kier alpha value is -1.10. The van der Waals surface area contributed by atoms with Crippen LogP contribution < -0.4 is 5.73 Å². The lowest BCUT2D eigenvalue weighted by atomic mass is 9.60. The second kappa shape index (κ2) is 5.35. The summed E-state index contributed by atoms with van der Waals surface area (Å²) >= 11 is 0. The Morgan fingerprint density at radius 1 is 1.25 bits per heavy atom. The van der Waals surface area contributed by atoms with E-state index in [-0.39, 0.29) is 41.8 Å². The van der Waals surface area contributed by atoms with E-state index >= 15 is 0 Å². The monoisotopic (exact) mass is 282 g/mol. The minimum absolute atomic E-state index is 0.0126. The Bertz CT molecular complexity index is 404. The predicted molar refractivity (Wildman–Crippen MR) is 76.0 cm³/mol. The molecule has 0 heterocycles. The summed E-state index contributed by atoms with van der Waals surface area (Å²) in [7, 11) is 0. The van der Waals surface area contributed by atoms with Gasteiger partial charge in [-0.15, -0.1) is 0 Å². The summed E-state index contributed by atoms with van der Waals surface area (Å²) in [4.78, 5) is 25.4. The Labute approximate surface area is 120 Å². The highest BCUT2D eigenvalue weighted by molar-refractivity contribution is 5.84. The standard InChI is InChI=1S/C15H26N2O3/c1-9-12(16)7-6-11(15(9,2)3)14(20)17(8-13(18)19)10-4-5-10/h9-12H,4-8,16H2,1-3H3,(H,18,19). The highest BCUT2D eigenvalue weighted by atomic mass is 16.4. The number of aliphatic carboxylic acids is 1. The van der Waals surface area contributed by atoms with E-state index < -0.39 is 5.97 Å². The van der Waals surface area contributed by atoms with Crippen molar-refractivity contribution in [3.8, 4) is 0 Å². The Morgan fingerprint density at radius 3 is 2.35 bits per heavy atom. The SMILES string of the molecule is CC1C(N)CCC(C(=O)N(CC(=O)O)C2CC2)C1(C)C. The molecule has 2 aliphatic carbocycles. The van der Waals surface area contributed by atoms with Crippen molar-refractivity contribution in [2.75, 3.05) is 6.54 Å². The van der Waals surface area contributed by atoms with Gasteiger partial charge in [0.05, 0.1) is 0 Å². The van der Waals surface area contributed by atoms with E-state index in [0.29, 0.717) is 0 Å². The molecule has 0 radical (unpaired) electrons. The first kappa shape index (κ1) is 15.3. The third-order valence-electron chi connectivity index (χ3n) is 5.38. The molecule has 114 valence electrons. The van der Waals surface area contributed by atoms with Crippen molar-refractivity contribution in [2.45, 2.75) is 58.5 Å². The summed E-state index contributed by atoms with van der Waals surface area (Å²) in [6, 6.07) is 0.267. The molecule has 0 aromatic rings. The first-order valence-corrected chi connectivity index (χ1v) is 7.53. The molecule has 2 fully saturated rings. The highest BCUT2D eigenvalue weighted by Crippen LogP contribution is 2.46. The first-order chi connectivity index (χ1) is 9.25. The lowest BCUT2D eigenvalue weighted by Gasteiger charge is -2.47. The molecule has 5 nitrogen and oxygen atoms in total. The molecule has 3 atom stereocenters. The van der Waals surface area contributed by atoms with Gasteiger partial charge >= 0.3 is 5.97 Å². The number of hydrogen-bond acceptors (Lipinski definition) is 3. The van der Waals surface area contributed by atoms with Crippen molar-refractivity contribution in [1.29, 1.82) is 0 Å². The van der Waals surface area contributed by atoms with Gasteiger partial charge in [-0.05, 0) is 37.0 Å². The molecule has 5 heteroatoms. The maximum atomic E-state index is 12.8. The molecule has 0 spiro atoms. The second-order valence-corrected chi connectivity index (χ2v) is 6.99. The molecular weight excluding hydrogens is 256 g/mol. The van der Waals surface area contributed by atoms with Gasteiger partial charge in [-0.3, -0.25) is 9.59 Å². The maximum Gasteiger partial charge on any atom is 0.323 e. The number of amides is 1. The van der Waals surface area contributed by atoms with Crippen molar-refractivity contribution in [2.24, 2.45) is 23.0 Å². The number of nitrogens with zero attached hydrogens (tertiary/aromatic N) is 1. The number of carbonyl (C=O) groups excluding carboxylic acids is 1. The van der Waals surface area contributed by atoms with Crippen LogP contribution in [0.15, 0.2) is 0 Å². The number of carbonyl (C=O) groups is 2. The van der Waals surface area contributed by atoms with Gasteiger partial charge in [0, 0.05) is 18.0 Å². The number of hydrogen-bond donors (Lipinski definition) is 2. The van der Waals surface area contributed by atoms with Crippen LogP contribution in [0.4, 0.5) is 0 Å². The van der Waals surface area contributed by atoms with E-state index in [9.17, 15) is 9.59 Å². The lowest BCUT2D eigenvalue weighted by Crippen LogP contribution is -2.53. The van der Waals surface area contributed by atoms with Crippen LogP contribution in [-0.4, -0.2) is 40.5 Å². The molecule has 0 bridgehead atoms. The molecule has 1 amide bonds. The summed E-state index contributed by atoms with van der Waals surface area (Å²) in [6.07, 6.45) is 3.47. The number of rotatable bonds is 4. The van der Waals surface area contributed by atoms with E-state index in [0.717, 1.165) is 25.7 Å². The smallest absolute Gasteiger partial charge is 0.323 e. The molecule has 0 aliphatic heterocycles. The highest BCUT2D eigenvalue weighted by Gasteiger charge is 2.48. The number of nitrogens with two attached hydrogens (primary N) is 1. The van der Waals surface area contributed by atoms with Crippen LogP contribution in [0.2, 0.25) is 0 Å². The van der Waals surface area contributed by atoms with Gasteiger partial charge in [-0.1, -0.05) is 20.8 Å². The van der Waals surface area contributed by atoms with Crippen LogP contribution in [0.5, 0.6) is 0 Å². The zero-order valence-corrected chi connectivity index (χ0v) is 12.6. The quantitative estimate of drug-likeness (QED) is 0.817. The maximum absolute atomic E-state index is 12.8. The van der Waals surface area contributed by atoms with Crippen LogP contribution in [0.1, 0.15) is 46.5 Å². The third-order valence-corrected chi connectivity index (χ3v) is 5.38. The molecule has 3 N–H and O–H groups in total. The van der Waals surface area contributed by atoms with Gasteiger partial charge in [0.15, 0.2) is 0 Å². The molecular formula is C15H26N2O3. The van der Waals surface area contributed by atoms with Crippen molar-refractivity contribution in [3.63, 3.8) is 0 Å². The van der Waals surface area contributed by atoms with Crippen LogP contribution in [0.25, 0.3) is 0 Å². The molecule has 0 aromatic carbocycles. The average molecular weight is 282 g/mol. The Morgan fingerprint density at radius 2 is 1.85 bits per heavy atom. The summed E-state index contributed by atoms with van der Waals surface area (Å²) in [6.45, 7) is 6.11. The Kier molecular flexibility index (Phi) is 4.09. The lowest BCUT2D eigenvalue weighted by molar-refractivity contribution is -0.151. The van der Waals surface area contributed by atoms with Crippen LogP contribution in [0, 0.1) is 17.3 Å². The minimum atomic E-state index is -0.927. The van der Waals surface area contributed by atoms with E-state index in [4.69, 9.17) is 10.8 Å². The van der Waals surface area contributed by atoms with Crippen molar-refractivity contribution < 1.29 is 14.7 Å². The average Bonchev–Trinajstić information content (AvgIpc) is 3.16. The third kappa shape index (κ3) is 2.82. The fourth-order valence-electron chi connectivity index (χ4n) is 3.41. The van der Waals surface area contributed by atoms with Gasteiger partial charge in [0.1, 0.15) is 6.54 Å². The fourth-order valence-corrected chi connectivity index (χ4v) is 3.41. The van der Waals surface area contributed by atoms with Gasteiger partial charge in [0.25, 0.3) is 0 Å². The number of carboxylic acids is 1. The van der Waals surface area contributed by atoms with E-state index in [1.54, 1.807) is 4.90 Å². The number of carboxylic acid groups (broad SMARTS) is 1. The zero-order valence-electron chi connectivity index (χ0n) is 12.6. The summed E-state index contributed by atoms with van der Waals surface area (Å²) in [5.74, 6) is -0.768. The topological polar surface area (TPSA) is 83.6 Å². The Balaban J connectivity index is 2.16. The van der Waals surface area contributed by atoms with Gasteiger partial charge < -0.3 is 15.7 Å². The van der Waals surface area contributed by atoms with Crippen LogP contribution >= 0.6 is 0 Å². The molecule has 0 saturated heterocycles. The molecule has 2 rings (SSSR count). The summed E-state index contributed by atoms with van der Waals surface area (Å²) < 4.78 is 0. The molecule has 20 heavy (non-hydrogen) atoms. The van der Waals surface area contributed by atoms with Crippen LogP contribution in [0.3, 0.4) is 0 Å². The predicted octanol–water partition coefficient (Wildman–Crippen LogP) is 1.46. The van der Waals surface area contributed by atoms with Gasteiger partial charge in [-0.25, -0.2) is 0 Å². The van der Waals surface area contributed by atoms with Gasteiger partial charge in [-0.2, -0.15) is 0 Å². The van der Waals surface area contributed by atoms with Gasteiger partial charge in [0.2, 0.25) is 5.91 Å².